The lowest BCUT2D eigenvalue weighted by Crippen LogP contribution is -2.20. The summed E-state index contributed by atoms with van der Waals surface area (Å²) in [4.78, 5) is 35.2. The number of carbonyl (C=O) groups is 2. The van der Waals surface area contributed by atoms with Gasteiger partial charge in [0.2, 0.25) is 0 Å². The highest BCUT2D eigenvalue weighted by molar-refractivity contribution is 6.10. The number of methoxy groups -OCH3 is 1. The molecule has 0 aromatic heterocycles. The maximum atomic E-state index is 12.6. The summed E-state index contributed by atoms with van der Waals surface area (Å²) in [7, 11) is 1.54. The second-order valence-corrected chi connectivity index (χ2v) is 7.03. The van der Waals surface area contributed by atoms with Gasteiger partial charge in [-0.3, -0.25) is 19.7 Å². The minimum atomic E-state index is -0.750. The van der Waals surface area contributed by atoms with Gasteiger partial charge in [0.1, 0.15) is 23.1 Å². The molecule has 3 rings (SSSR count). The highest BCUT2D eigenvalue weighted by Gasteiger charge is 2.14. The smallest absolute Gasteiger partial charge is 0.271 e. The summed E-state index contributed by atoms with van der Waals surface area (Å²) in [6.07, 6.45) is 1.31. The van der Waals surface area contributed by atoms with Gasteiger partial charge >= 0.3 is 0 Å². The summed E-state index contributed by atoms with van der Waals surface area (Å²) >= 11 is 0. The minimum absolute atomic E-state index is 0.171. The maximum Gasteiger partial charge on any atom is 0.271 e. The molecule has 0 heterocycles. The summed E-state index contributed by atoms with van der Waals surface area (Å²) < 4.78 is 10.7. The average molecular weight is 472 g/mol. The third-order valence-corrected chi connectivity index (χ3v) is 4.63. The molecule has 0 spiro atoms. The molecule has 0 saturated carbocycles. The number of hydrogen-bond donors (Lipinski definition) is 2. The van der Waals surface area contributed by atoms with Gasteiger partial charge in [0.25, 0.3) is 17.5 Å². The number of amides is 2. The van der Waals surface area contributed by atoms with E-state index in [1.54, 1.807) is 55.6 Å². The fraction of sp³-hybridized carbons (Fsp3) is 0.0800. The van der Waals surface area contributed by atoms with Gasteiger partial charge in [-0.05, 0) is 42.5 Å². The SMILES string of the molecule is COc1ccc(NC(=O)COc2ccccc2/C=C(/C#N)C(=O)Nc2cccc([N+](=O)[O-])c2)cc1. The van der Waals surface area contributed by atoms with Crippen molar-refractivity contribution in [3.8, 4) is 17.6 Å². The summed E-state index contributed by atoms with van der Waals surface area (Å²) in [5, 5.41) is 25.6. The number of para-hydroxylation sites is 1. The molecule has 3 aromatic rings. The molecule has 0 saturated heterocycles. The number of rotatable bonds is 9. The highest BCUT2D eigenvalue weighted by Crippen LogP contribution is 2.23. The van der Waals surface area contributed by atoms with Crippen LogP contribution in [0, 0.1) is 21.4 Å². The second-order valence-electron chi connectivity index (χ2n) is 7.03. The monoisotopic (exact) mass is 472 g/mol. The molecule has 0 unspecified atom stereocenters. The molecule has 0 radical (unpaired) electrons. The van der Waals surface area contributed by atoms with Crippen LogP contribution in [0.2, 0.25) is 0 Å². The van der Waals surface area contributed by atoms with Gasteiger partial charge in [-0.2, -0.15) is 5.26 Å². The number of nitrogens with zero attached hydrogens (tertiary/aromatic N) is 2. The Bertz CT molecular complexity index is 1310. The van der Waals surface area contributed by atoms with E-state index >= 15 is 0 Å². The van der Waals surface area contributed by atoms with E-state index in [-0.39, 0.29) is 29.3 Å². The predicted molar refractivity (Wildman–Crippen MR) is 129 cm³/mol. The van der Waals surface area contributed by atoms with Crippen molar-refractivity contribution in [2.75, 3.05) is 24.4 Å². The molecule has 0 aliphatic rings. The molecular formula is C25H20N4O6. The Morgan fingerprint density at radius 1 is 1.03 bits per heavy atom. The van der Waals surface area contributed by atoms with E-state index < -0.39 is 16.7 Å². The zero-order chi connectivity index (χ0) is 25.2. The lowest BCUT2D eigenvalue weighted by Gasteiger charge is -2.11. The van der Waals surface area contributed by atoms with Crippen LogP contribution < -0.4 is 20.1 Å². The fourth-order valence-corrected chi connectivity index (χ4v) is 2.95. The zero-order valence-electron chi connectivity index (χ0n) is 18.6. The van der Waals surface area contributed by atoms with E-state index in [0.717, 1.165) is 0 Å². The molecule has 10 nitrogen and oxygen atoms in total. The van der Waals surface area contributed by atoms with Crippen molar-refractivity contribution in [3.05, 3.63) is 94.0 Å². The van der Waals surface area contributed by atoms with Crippen LogP contribution in [-0.4, -0.2) is 30.5 Å². The first-order chi connectivity index (χ1) is 16.9. The predicted octanol–water partition coefficient (Wildman–Crippen LogP) is 4.17. The lowest BCUT2D eigenvalue weighted by molar-refractivity contribution is -0.384. The van der Waals surface area contributed by atoms with Crippen molar-refractivity contribution >= 4 is 35.0 Å². The van der Waals surface area contributed by atoms with Crippen molar-refractivity contribution in [3.63, 3.8) is 0 Å². The van der Waals surface area contributed by atoms with E-state index in [1.807, 2.05) is 6.07 Å². The molecule has 176 valence electrons. The fourth-order valence-electron chi connectivity index (χ4n) is 2.95. The number of carbonyl (C=O) groups excluding carboxylic acids is 2. The van der Waals surface area contributed by atoms with Crippen LogP contribution in [-0.2, 0) is 9.59 Å². The van der Waals surface area contributed by atoms with Crippen molar-refractivity contribution < 1.29 is 24.0 Å². The molecule has 0 bridgehead atoms. The third kappa shape index (κ3) is 6.90. The summed E-state index contributed by atoms with van der Waals surface area (Å²) in [5.41, 5.74) is 0.685. The number of nitro groups is 1. The summed E-state index contributed by atoms with van der Waals surface area (Å²) in [5.74, 6) is -0.214. The van der Waals surface area contributed by atoms with Crippen molar-refractivity contribution in [1.82, 2.24) is 0 Å². The standard InChI is InChI=1S/C25H20N4O6/c1-34-22-11-9-19(10-12-22)27-24(30)16-35-23-8-3-2-5-17(23)13-18(15-26)25(31)28-20-6-4-7-21(14-20)29(32)33/h2-14H,16H2,1H3,(H,27,30)(H,28,31)/b18-13-. The van der Waals surface area contributed by atoms with Crippen LogP contribution in [0.3, 0.4) is 0 Å². The van der Waals surface area contributed by atoms with Gasteiger partial charge in [0, 0.05) is 29.1 Å². The van der Waals surface area contributed by atoms with E-state index in [1.165, 1.54) is 30.3 Å². The van der Waals surface area contributed by atoms with Gasteiger partial charge in [-0.25, -0.2) is 0 Å². The Morgan fingerprint density at radius 3 is 2.46 bits per heavy atom. The Labute approximate surface area is 200 Å². The van der Waals surface area contributed by atoms with E-state index in [2.05, 4.69) is 10.6 Å². The highest BCUT2D eigenvalue weighted by atomic mass is 16.6. The van der Waals surface area contributed by atoms with Gasteiger partial charge in [0.05, 0.1) is 12.0 Å². The third-order valence-electron chi connectivity index (χ3n) is 4.63. The number of anilines is 2. The number of benzene rings is 3. The summed E-state index contributed by atoms with van der Waals surface area (Å²) in [6, 6.07) is 20.5. The Hall–Kier alpha value is -5.17. The molecule has 3 aromatic carbocycles. The van der Waals surface area contributed by atoms with E-state index in [4.69, 9.17) is 9.47 Å². The average Bonchev–Trinajstić information content (AvgIpc) is 2.87. The Balaban J connectivity index is 1.69. The normalized spacial score (nSPS) is 10.6. The Morgan fingerprint density at radius 2 is 1.77 bits per heavy atom. The zero-order valence-corrected chi connectivity index (χ0v) is 18.6. The van der Waals surface area contributed by atoms with Gasteiger partial charge < -0.3 is 20.1 Å². The van der Waals surface area contributed by atoms with E-state index in [0.29, 0.717) is 17.0 Å². The number of nitriles is 1. The van der Waals surface area contributed by atoms with Crippen LogP contribution >= 0.6 is 0 Å². The number of hydrogen-bond acceptors (Lipinski definition) is 7. The minimum Gasteiger partial charge on any atom is -0.497 e. The molecular weight excluding hydrogens is 452 g/mol. The topological polar surface area (TPSA) is 144 Å². The first-order valence-corrected chi connectivity index (χ1v) is 10.2. The molecule has 10 heteroatoms. The second kappa shape index (κ2) is 11.6. The number of nitrogens with one attached hydrogen (secondary N) is 2. The molecule has 35 heavy (non-hydrogen) atoms. The molecule has 0 aliphatic heterocycles. The molecule has 2 N–H and O–H groups in total. The van der Waals surface area contributed by atoms with Crippen molar-refractivity contribution in [2.45, 2.75) is 0 Å². The Kier molecular flexibility index (Phi) is 8.13. The number of nitro benzene ring substituents is 1. The molecule has 0 atom stereocenters. The van der Waals surface area contributed by atoms with Crippen LogP contribution in [0.25, 0.3) is 6.08 Å². The van der Waals surface area contributed by atoms with Crippen LogP contribution in [0.1, 0.15) is 5.56 Å². The van der Waals surface area contributed by atoms with Crippen LogP contribution in [0.15, 0.2) is 78.4 Å². The first kappa shape index (κ1) is 24.5. The van der Waals surface area contributed by atoms with Gasteiger partial charge in [-0.15, -0.1) is 0 Å². The molecule has 0 fully saturated rings. The van der Waals surface area contributed by atoms with Crippen molar-refractivity contribution in [2.24, 2.45) is 0 Å². The van der Waals surface area contributed by atoms with Gasteiger partial charge in [-0.1, -0.05) is 24.3 Å². The van der Waals surface area contributed by atoms with Crippen molar-refractivity contribution in [1.29, 1.82) is 5.26 Å². The number of ether oxygens (including phenoxy) is 2. The van der Waals surface area contributed by atoms with Crippen LogP contribution in [0.5, 0.6) is 11.5 Å². The quantitative estimate of drug-likeness (QED) is 0.206. The summed E-state index contributed by atoms with van der Waals surface area (Å²) in [6.45, 7) is -0.307. The number of non-ortho nitro benzene ring substituents is 1. The first-order valence-electron chi connectivity index (χ1n) is 10.2. The maximum absolute atomic E-state index is 12.6. The molecule has 2 amide bonds. The van der Waals surface area contributed by atoms with Crippen LogP contribution in [0.4, 0.5) is 17.1 Å². The lowest BCUT2D eigenvalue weighted by atomic mass is 10.1. The van der Waals surface area contributed by atoms with E-state index in [9.17, 15) is 25.0 Å². The molecule has 0 aliphatic carbocycles. The largest absolute Gasteiger partial charge is 0.497 e. The van der Waals surface area contributed by atoms with Gasteiger partial charge in [0.15, 0.2) is 6.61 Å².